The Morgan fingerprint density at radius 3 is 2.52 bits per heavy atom. The molecule has 0 radical (unpaired) electrons. The van der Waals surface area contributed by atoms with Crippen molar-refractivity contribution >= 4 is 0 Å². The van der Waals surface area contributed by atoms with E-state index in [9.17, 15) is 0 Å². The molecule has 0 bridgehead atoms. The molecule has 0 aliphatic heterocycles. The van der Waals surface area contributed by atoms with Gasteiger partial charge < -0.3 is 14.8 Å². The summed E-state index contributed by atoms with van der Waals surface area (Å²) in [5.41, 5.74) is 2.66. The summed E-state index contributed by atoms with van der Waals surface area (Å²) in [6, 6.07) is 15.3. The molecule has 0 unspecified atom stereocenters. The van der Waals surface area contributed by atoms with Crippen LogP contribution >= 0.6 is 0 Å². The van der Waals surface area contributed by atoms with Gasteiger partial charge in [-0.2, -0.15) is 5.26 Å². The fourth-order valence-electron chi connectivity index (χ4n) is 2.03. The smallest absolute Gasteiger partial charge is 0.125 e. The molecule has 0 aromatic heterocycles. The average molecular weight is 282 g/mol. The normalized spacial score (nSPS) is 9.95. The first kappa shape index (κ1) is 14.9. The van der Waals surface area contributed by atoms with Crippen LogP contribution in [0.15, 0.2) is 42.5 Å². The molecular weight excluding hydrogens is 264 g/mol. The highest BCUT2D eigenvalue weighted by molar-refractivity contribution is 5.42. The van der Waals surface area contributed by atoms with E-state index in [0.717, 1.165) is 23.6 Å². The van der Waals surface area contributed by atoms with E-state index in [1.165, 1.54) is 5.56 Å². The maximum Gasteiger partial charge on any atom is 0.125 e. The molecular formula is C17H18N2O2. The Kier molecular flexibility index (Phi) is 5.19. The van der Waals surface area contributed by atoms with E-state index in [-0.39, 0.29) is 0 Å². The molecule has 21 heavy (non-hydrogen) atoms. The van der Waals surface area contributed by atoms with E-state index in [1.54, 1.807) is 25.3 Å². The number of hydrogen-bond donors (Lipinski definition) is 1. The first-order valence-electron chi connectivity index (χ1n) is 6.70. The number of hydrogen-bond acceptors (Lipinski definition) is 4. The number of benzene rings is 2. The van der Waals surface area contributed by atoms with Crippen LogP contribution < -0.4 is 14.8 Å². The van der Waals surface area contributed by atoms with E-state index in [0.29, 0.717) is 12.2 Å². The fraction of sp³-hybridized carbons (Fsp3) is 0.235. The Bertz CT molecular complexity index is 630. The molecule has 0 heterocycles. The van der Waals surface area contributed by atoms with Gasteiger partial charge in [0.2, 0.25) is 0 Å². The Morgan fingerprint density at radius 1 is 1.14 bits per heavy atom. The molecule has 1 N–H and O–H groups in total. The summed E-state index contributed by atoms with van der Waals surface area (Å²) >= 11 is 0. The Hall–Kier alpha value is -2.51. The summed E-state index contributed by atoms with van der Waals surface area (Å²) in [6.45, 7) is 1.20. The van der Waals surface area contributed by atoms with Crippen molar-refractivity contribution in [2.24, 2.45) is 0 Å². The third kappa shape index (κ3) is 3.98. The molecule has 0 amide bonds. The first-order chi connectivity index (χ1) is 10.3. The number of nitrogens with one attached hydrogen (secondary N) is 1. The molecule has 108 valence electrons. The van der Waals surface area contributed by atoms with Gasteiger partial charge in [0.05, 0.1) is 18.7 Å². The number of ether oxygens (including phenoxy) is 2. The lowest BCUT2D eigenvalue weighted by atomic mass is 10.1. The van der Waals surface area contributed by atoms with E-state index >= 15 is 0 Å². The van der Waals surface area contributed by atoms with Gasteiger partial charge in [-0.05, 0) is 42.9 Å². The predicted octanol–water partition coefficient (Wildman–Crippen LogP) is 2.87. The largest absolute Gasteiger partial charge is 0.496 e. The van der Waals surface area contributed by atoms with Crippen LogP contribution in [-0.2, 0) is 13.2 Å². The van der Waals surface area contributed by atoms with Crippen LogP contribution in [0.2, 0.25) is 0 Å². The summed E-state index contributed by atoms with van der Waals surface area (Å²) in [6.07, 6.45) is 0. The zero-order chi connectivity index (χ0) is 15.1. The molecule has 2 rings (SSSR count). The highest BCUT2D eigenvalue weighted by Crippen LogP contribution is 2.22. The maximum atomic E-state index is 8.95. The SMILES string of the molecule is CNCc1ccc(OCc2cc(C#N)ccc2OC)cc1. The van der Waals surface area contributed by atoms with Crippen LogP contribution in [0, 0.1) is 11.3 Å². The van der Waals surface area contributed by atoms with Crippen molar-refractivity contribution in [2.75, 3.05) is 14.2 Å². The van der Waals surface area contributed by atoms with Crippen LogP contribution in [0.4, 0.5) is 0 Å². The second kappa shape index (κ2) is 7.32. The lowest BCUT2D eigenvalue weighted by Gasteiger charge is -2.11. The Morgan fingerprint density at radius 2 is 1.90 bits per heavy atom. The Labute approximate surface area is 124 Å². The third-order valence-corrected chi connectivity index (χ3v) is 3.11. The molecule has 4 nitrogen and oxygen atoms in total. The molecule has 0 saturated carbocycles. The van der Waals surface area contributed by atoms with Gasteiger partial charge in [0.15, 0.2) is 0 Å². The molecule has 0 fully saturated rings. The van der Waals surface area contributed by atoms with Gasteiger partial charge in [-0.3, -0.25) is 0 Å². The van der Waals surface area contributed by atoms with E-state index in [2.05, 4.69) is 11.4 Å². The van der Waals surface area contributed by atoms with Crippen molar-refractivity contribution in [3.8, 4) is 17.6 Å². The number of rotatable bonds is 6. The molecule has 0 spiro atoms. The summed E-state index contributed by atoms with van der Waals surface area (Å²) < 4.78 is 11.0. The van der Waals surface area contributed by atoms with Gasteiger partial charge in [0, 0.05) is 12.1 Å². The molecule has 0 atom stereocenters. The fourth-order valence-corrected chi connectivity index (χ4v) is 2.03. The van der Waals surface area contributed by atoms with E-state index in [1.807, 2.05) is 31.3 Å². The predicted molar refractivity (Wildman–Crippen MR) is 81.2 cm³/mol. The van der Waals surface area contributed by atoms with Crippen molar-refractivity contribution in [3.05, 3.63) is 59.2 Å². The number of nitriles is 1. The summed E-state index contributed by atoms with van der Waals surface area (Å²) in [5, 5.41) is 12.1. The maximum absolute atomic E-state index is 8.95. The van der Waals surface area contributed by atoms with Gasteiger partial charge in [0.25, 0.3) is 0 Å². The standard InChI is InChI=1S/C17H18N2O2/c1-19-11-13-3-6-16(7-4-13)21-12-15-9-14(10-18)5-8-17(15)20-2/h3-9,19H,11-12H2,1-2H3. The second-order valence-electron chi connectivity index (χ2n) is 4.60. The topological polar surface area (TPSA) is 54.3 Å². The monoisotopic (exact) mass is 282 g/mol. The van der Waals surface area contributed by atoms with Crippen LogP contribution in [0.5, 0.6) is 11.5 Å². The van der Waals surface area contributed by atoms with Gasteiger partial charge in [-0.25, -0.2) is 0 Å². The lowest BCUT2D eigenvalue weighted by molar-refractivity contribution is 0.296. The minimum atomic E-state index is 0.365. The van der Waals surface area contributed by atoms with Crippen molar-refractivity contribution < 1.29 is 9.47 Å². The van der Waals surface area contributed by atoms with Gasteiger partial charge in [0.1, 0.15) is 18.1 Å². The van der Waals surface area contributed by atoms with Crippen molar-refractivity contribution in [1.29, 1.82) is 5.26 Å². The highest BCUT2D eigenvalue weighted by atomic mass is 16.5. The highest BCUT2D eigenvalue weighted by Gasteiger charge is 2.05. The van der Waals surface area contributed by atoms with Crippen LogP contribution in [0.25, 0.3) is 0 Å². The number of methoxy groups -OCH3 is 1. The molecule has 4 heteroatoms. The van der Waals surface area contributed by atoms with Crippen LogP contribution in [-0.4, -0.2) is 14.2 Å². The van der Waals surface area contributed by atoms with Crippen molar-refractivity contribution in [2.45, 2.75) is 13.2 Å². The lowest BCUT2D eigenvalue weighted by Crippen LogP contribution is -2.04. The molecule has 2 aromatic rings. The summed E-state index contributed by atoms with van der Waals surface area (Å²) in [7, 11) is 3.52. The first-order valence-corrected chi connectivity index (χ1v) is 6.70. The zero-order valence-electron chi connectivity index (χ0n) is 12.2. The second-order valence-corrected chi connectivity index (χ2v) is 4.60. The number of nitrogens with zero attached hydrogens (tertiary/aromatic N) is 1. The van der Waals surface area contributed by atoms with Crippen LogP contribution in [0.3, 0.4) is 0 Å². The van der Waals surface area contributed by atoms with Gasteiger partial charge >= 0.3 is 0 Å². The zero-order valence-corrected chi connectivity index (χ0v) is 12.2. The molecule has 2 aromatic carbocycles. The average Bonchev–Trinajstić information content (AvgIpc) is 2.54. The summed E-state index contributed by atoms with van der Waals surface area (Å²) in [5.74, 6) is 1.51. The molecule has 0 saturated heterocycles. The summed E-state index contributed by atoms with van der Waals surface area (Å²) in [4.78, 5) is 0. The minimum Gasteiger partial charge on any atom is -0.496 e. The van der Waals surface area contributed by atoms with Gasteiger partial charge in [-0.1, -0.05) is 12.1 Å². The van der Waals surface area contributed by atoms with E-state index < -0.39 is 0 Å². The minimum absolute atomic E-state index is 0.365. The quantitative estimate of drug-likeness (QED) is 0.885. The molecule has 0 aliphatic carbocycles. The van der Waals surface area contributed by atoms with Crippen molar-refractivity contribution in [3.63, 3.8) is 0 Å². The Balaban J connectivity index is 2.07. The van der Waals surface area contributed by atoms with E-state index in [4.69, 9.17) is 14.7 Å². The van der Waals surface area contributed by atoms with Crippen LogP contribution in [0.1, 0.15) is 16.7 Å². The van der Waals surface area contributed by atoms with Crippen molar-refractivity contribution in [1.82, 2.24) is 5.32 Å². The molecule has 0 aliphatic rings. The third-order valence-electron chi connectivity index (χ3n) is 3.11. The van der Waals surface area contributed by atoms with Gasteiger partial charge in [-0.15, -0.1) is 0 Å².